The molecule has 4 nitrogen and oxygen atoms in total. The molecular weight excluding hydrogens is 212 g/mol. The van der Waals surface area contributed by atoms with Crippen LogP contribution < -0.4 is 5.73 Å². The molecule has 0 fully saturated rings. The highest BCUT2D eigenvalue weighted by Crippen LogP contribution is 2.16. The monoisotopic (exact) mass is 236 g/mol. The lowest BCUT2D eigenvalue weighted by Crippen LogP contribution is -2.49. The lowest BCUT2D eigenvalue weighted by molar-refractivity contribution is 0.140. The normalized spacial score (nSPS) is 16.7. The molecule has 0 aromatic heterocycles. The minimum atomic E-state index is -2.84. The molecule has 5 heteroatoms. The maximum absolute atomic E-state index is 11.0. The Balaban J connectivity index is 4.08. The van der Waals surface area contributed by atoms with E-state index < -0.39 is 9.84 Å². The van der Waals surface area contributed by atoms with Crippen molar-refractivity contribution >= 4 is 9.84 Å². The first-order valence-electron chi connectivity index (χ1n) is 5.34. The average Bonchev–Trinajstić information content (AvgIpc) is 2.14. The lowest BCUT2D eigenvalue weighted by atomic mass is 9.97. The second-order valence-electron chi connectivity index (χ2n) is 4.46. The molecule has 0 aliphatic heterocycles. The summed E-state index contributed by atoms with van der Waals surface area (Å²) >= 11 is 0. The van der Waals surface area contributed by atoms with Crippen LogP contribution in [0.25, 0.3) is 0 Å². The zero-order valence-electron chi connectivity index (χ0n) is 10.3. The minimum absolute atomic E-state index is 0.0164. The van der Waals surface area contributed by atoms with E-state index in [9.17, 15) is 8.42 Å². The summed E-state index contributed by atoms with van der Waals surface area (Å²) in [7, 11) is -0.838. The first kappa shape index (κ1) is 14.9. The van der Waals surface area contributed by atoms with Crippen LogP contribution in [0, 0.1) is 0 Å². The third-order valence-corrected chi connectivity index (χ3v) is 4.16. The Labute approximate surface area is 93.7 Å². The van der Waals surface area contributed by atoms with Crippen LogP contribution in [0.5, 0.6) is 0 Å². The SMILES string of the molecule is CCC(C)(CN)N(C)CCCS(C)(=O)=O. The van der Waals surface area contributed by atoms with Gasteiger partial charge in [0.25, 0.3) is 0 Å². The molecule has 0 heterocycles. The summed E-state index contributed by atoms with van der Waals surface area (Å²) in [5.74, 6) is 0.252. The summed E-state index contributed by atoms with van der Waals surface area (Å²) in [6.45, 7) is 5.57. The van der Waals surface area contributed by atoms with E-state index in [1.807, 2.05) is 7.05 Å². The van der Waals surface area contributed by atoms with Gasteiger partial charge in [0, 0.05) is 18.3 Å². The molecule has 0 aliphatic rings. The molecule has 0 saturated carbocycles. The summed E-state index contributed by atoms with van der Waals surface area (Å²) in [6.07, 6.45) is 2.92. The Morgan fingerprint density at radius 2 is 1.93 bits per heavy atom. The molecule has 1 atom stereocenters. The zero-order chi connectivity index (χ0) is 12.1. The first-order valence-corrected chi connectivity index (χ1v) is 7.40. The van der Waals surface area contributed by atoms with Crippen LogP contribution in [0.4, 0.5) is 0 Å². The number of nitrogens with two attached hydrogens (primary N) is 1. The first-order chi connectivity index (χ1) is 6.75. The largest absolute Gasteiger partial charge is 0.329 e. The molecule has 92 valence electrons. The number of rotatable bonds is 7. The van der Waals surface area contributed by atoms with Gasteiger partial charge in [-0.3, -0.25) is 4.90 Å². The van der Waals surface area contributed by atoms with E-state index in [1.165, 1.54) is 6.26 Å². The van der Waals surface area contributed by atoms with Gasteiger partial charge in [0.1, 0.15) is 9.84 Å². The van der Waals surface area contributed by atoms with Crippen molar-refractivity contribution in [3.05, 3.63) is 0 Å². The maximum atomic E-state index is 11.0. The van der Waals surface area contributed by atoms with Crippen LogP contribution in [0.1, 0.15) is 26.7 Å². The molecule has 2 N–H and O–H groups in total. The molecule has 0 rings (SSSR count). The Hall–Kier alpha value is -0.130. The summed E-state index contributed by atoms with van der Waals surface area (Å²) in [5, 5.41) is 0. The van der Waals surface area contributed by atoms with Crippen molar-refractivity contribution in [1.29, 1.82) is 0 Å². The number of hydrogen-bond donors (Lipinski definition) is 1. The van der Waals surface area contributed by atoms with E-state index in [4.69, 9.17) is 5.73 Å². The van der Waals surface area contributed by atoms with Gasteiger partial charge in [-0.2, -0.15) is 0 Å². The number of nitrogens with zero attached hydrogens (tertiary/aromatic N) is 1. The average molecular weight is 236 g/mol. The second-order valence-corrected chi connectivity index (χ2v) is 6.72. The van der Waals surface area contributed by atoms with Crippen molar-refractivity contribution in [2.45, 2.75) is 32.2 Å². The van der Waals surface area contributed by atoms with E-state index in [2.05, 4.69) is 18.7 Å². The van der Waals surface area contributed by atoms with Crippen LogP contribution in [-0.4, -0.2) is 51.0 Å². The highest BCUT2D eigenvalue weighted by Gasteiger charge is 2.24. The van der Waals surface area contributed by atoms with Gasteiger partial charge in [0.05, 0.1) is 5.75 Å². The van der Waals surface area contributed by atoms with Gasteiger partial charge in [-0.15, -0.1) is 0 Å². The van der Waals surface area contributed by atoms with Gasteiger partial charge in [-0.05, 0) is 33.4 Å². The molecule has 0 amide bonds. The molecule has 0 bridgehead atoms. The standard InChI is InChI=1S/C10H24N2O2S/c1-5-10(2,9-11)12(3)7-6-8-15(4,13)14/h5-9,11H2,1-4H3. The van der Waals surface area contributed by atoms with Crippen molar-refractivity contribution in [1.82, 2.24) is 4.90 Å². The van der Waals surface area contributed by atoms with Crippen LogP contribution in [0.15, 0.2) is 0 Å². The molecular formula is C10H24N2O2S. The van der Waals surface area contributed by atoms with Crippen LogP contribution >= 0.6 is 0 Å². The second kappa shape index (κ2) is 5.82. The van der Waals surface area contributed by atoms with Crippen molar-refractivity contribution in [2.75, 3.05) is 32.1 Å². The van der Waals surface area contributed by atoms with Crippen molar-refractivity contribution < 1.29 is 8.42 Å². The zero-order valence-corrected chi connectivity index (χ0v) is 11.1. The van der Waals surface area contributed by atoms with E-state index in [-0.39, 0.29) is 11.3 Å². The van der Waals surface area contributed by atoms with E-state index in [1.54, 1.807) is 0 Å². The highest BCUT2D eigenvalue weighted by molar-refractivity contribution is 7.90. The van der Waals surface area contributed by atoms with Gasteiger partial charge in [-0.25, -0.2) is 8.42 Å². The maximum Gasteiger partial charge on any atom is 0.147 e. The molecule has 0 spiro atoms. The summed E-state index contributed by atoms with van der Waals surface area (Å²) < 4.78 is 21.9. The molecule has 15 heavy (non-hydrogen) atoms. The smallest absolute Gasteiger partial charge is 0.147 e. The predicted octanol–water partition coefficient (Wildman–Crippen LogP) is 0.480. The summed E-state index contributed by atoms with van der Waals surface area (Å²) in [5.41, 5.74) is 5.70. The van der Waals surface area contributed by atoms with Crippen molar-refractivity contribution in [2.24, 2.45) is 5.73 Å². The Kier molecular flexibility index (Phi) is 5.77. The fourth-order valence-electron chi connectivity index (χ4n) is 1.40. The van der Waals surface area contributed by atoms with Crippen molar-refractivity contribution in [3.8, 4) is 0 Å². The van der Waals surface area contributed by atoms with Crippen LogP contribution in [-0.2, 0) is 9.84 Å². The van der Waals surface area contributed by atoms with Gasteiger partial charge in [-0.1, -0.05) is 6.92 Å². The molecule has 0 radical (unpaired) electrons. The van der Waals surface area contributed by atoms with Crippen LogP contribution in [0.2, 0.25) is 0 Å². The molecule has 0 saturated heterocycles. The quantitative estimate of drug-likeness (QED) is 0.698. The summed E-state index contributed by atoms with van der Waals surface area (Å²) in [6, 6.07) is 0. The summed E-state index contributed by atoms with van der Waals surface area (Å²) in [4.78, 5) is 2.15. The van der Waals surface area contributed by atoms with E-state index >= 15 is 0 Å². The van der Waals surface area contributed by atoms with Crippen LogP contribution in [0.3, 0.4) is 0 Å². The Bertz CT molecular complexity index is 271. The molecule has 0 aromatic carbocycles. The van der Waals surface area contributed by atoms with Gasteiger partial charge in [0.15, 0.2) is 0 Å². The number of sulfone groups is 1. The van der Waals surface area contributed by atoms with Gasteiger partial charge < -0.3 is 5.73 Å². The number of likely N-dealkylation sites (N-methyl/N-ethyl adjacent to an activating group) is 1. The van der Waals surface area contributed by atoms with Gasteiger partial charge >= 0.3 is 0 Å². The topological polar surface area (TPSA) is 63.4 Å². The molecule has 0 aromatic rings. The third-order valence-electron chi connectivity index (χ3n) is 3.13. The molecule has 0 aliphatic carbocycles. The fraction of sp³-hybridized carbons (Fsp3) is 1.00. The highest BCUT2D eigenvalue weighted by atomic mass is 32.2. The third kappa shape index (κ3) is 5.49. The Morgan fingerprint density at radius 3 is 2.27 bits per heavy atom. The number of hydrogen-bond acceptors (Lipinski definition) is 4. The van der Waals surface area contributed by atoms with Gasteiger partial charge in [0.2, 0.25) is 0 Å². The minimum Gasteiger partial charge on any atom is -0.329 e. The van der Waals surface area contributed by atoms with Crippen molar-refractivity contribution in [3.63, 3.8) is 0 Å². The Morgan fingerprint density at radius 1 is 1.40 bits per heavy atom. The fourth-order valence-corrected chi connectivity index (χ4v) is 2.06. The van der Waals surface area contributed by atoms with E-state index in [0.29, 0.717) is 13.0 Å². The molecule has 1 unspecified atom stereocenters. The lowest BCUT2D eigenvalue weighted by Gasteiger charge is -2.37. The predicted molar refractivity (Wildman–Crippen MR) is 64.7 cm³/mol. The van der Waals surface area contributed by atoms with E-state index in [0.717, 1.165) is 13.0 Å².